The highest BCUT2D eigenvalue weighted by Crippen LogP contribution is 2.28. The Morgan fingerprint density at radius 1 is 0.969 bits per heavy atom. The highest BCUT2D eigenvalue weighted by molar-refractivity contribution is 6.05. The third-order valence-corrected chi connectivity index (χ3v) is 4.69. The van der Waals surface area contributed by atoms with Crippen molar-refractivity contribution in [2.45, 2.75) is 46.8 Å². The lowest BCUT2D eigenvalue weighted by atomic mass is 10.1. The Balaban J connectivity index is 1.70. The first-order valence-corrected chi connectivity index (χ1v) is 10.8. The van der Waals surface area contributed by atoms with Gasteiger partial charge in [0.2, 0.25) is 0 Å². The van der Waals surface area contributed by atoms with E-state index >= 15 is 0 Å². The maximum absolute atomic E-state index is 12.8. The average Bonchev–Trinajstić information content (AvgIpc) is 2.73. The SMILES string of the molecule is CCOC(C)c1ccc(C(=O)Nc2cccc(Oc3cccc(OC(C)C)c3)c2)c(C)n1. The second-order valence-electron chi connectivity index (χ2n) is 7.69. The van der Waals surface area contributed by atoms with Gasteiger partial charge in [-0.2, -0.15) is 0 Å². The van der Waals surface area contributed by atoms with Gasteiger partial charge in [0.15, 0.2) is 0 Å². The van der Waals surface area contributed by atoms with Gasteiger partial charge < -0.3 is 19.5 Å². The maximum Gasteiger partial charge on any atom is 0.257 e. The number of anilines is 1. The highest BCUT2D eigenvalue weighted by atomic mass is 16.5. The summed E-state index contributed by atoms with van der Waals surface area (Å²) in [5.41, 5.74) is 2.61. The molecule has 0 spiro atoms. The number of nitrogens with zero attached hydrogens (tertiary/aromatic N) is 1. The molecule has 0 saturated heterocycles. The van der Waals surface area contributed by atoms with Gasteiger partial charge in [-0.05, 0) is 71.0 Å². The zero-order chi connectivity index (χ0) is 23.1. The molecule has 0 bridgehead atoms. The summed E-state index contributed by atoms with van der Waals surface area (Å²) in [7, 11) is 0. The van der Waals surface area contributed by atoms with Gasteiger partial charge in [0.1, 0.15) is 17.2 Å². The van der Waals surface area contributed by atoms with E-state index in [9.17, 15) is 4.79 Å². The summed E-state index contributed by atoms with van der Waals surface area (Å²) >= 11 is 0. The van der Waals surface area contributed by atoms with Gasteiger partial charge in [-0.15, -0.1) is 0 Å². The van der Waals surface area contributed by atoms with Crippen LogP contribution in [0.4, 0.5) is 5.69 Å². The Morgan fingerprint density at radius 2 is 1.66 bits per heavy atom. The van der Waals surface area contributed by atoms with Crippen molar-refractivity contribution < 1.29 is 19.0 Å². The van der Waals surface area contributed by atoms with E-state index in [0.717, 1.165) is 11.4 Å². The summed E-state index contributed by atoms with van der Waals surface area (Å²) in [6, 6.07) is 18.3. The van der Waals surface area contributed by atoms with Crippen LogP contribution in [-0.2, 0) is 4.74 Å². The quantitative estimate of drug-likeness (QED) is 0.427. The first-order valence-electron chi connectivity index (χ1n) is 10.8. The fourth-order valence-corrected chi connectivity index (χ4v) is 3.24. The van der Waals surface area contributed by atoms with Crippen LogP contribution in [-0.4, -0.2) is 23.6 Å². The summed E-state index contributed by atoms with van der Waals surface area (Å²) in [5, 5.41) is 2.92. The average molecular weight is 435 g/mol. The molecule has 6 nitrogen and oxygen atoms in total. The summed E-state index contributed by atoms with van der Waals surface area (Å²) in [5.74, 6) is 1.79. The van der Waals surface area contributed by atoms with Crippen molar-refractivity contribution in [2.24, 2.45) is 0 Å². The largest absolute Gasteiger partial charge is 0.491 e. The first kappa shape index (κ1) is 23.3. The summed E-state index contributed by atoms with van der Waals surface area (Å²) in [4.78, 5) is 17.4. The van der Waals surface area contributed by atoms with Crippen LogP contribution in [0, 0.1) is 6.92 Å². The number of rotatable bonds is 9. The van der Waals surface area contributed by atoms with Crippen LogP contribution in [0.15, 0.2) is 60.7 Å². The monoisotopic (exact) mass is 434 g/mol. The van der Waals surface area contributed by atoms with Gasteiger partial charge in [0.05, 0.1) is 29.2 Å². The molecule has 0 aliphatic heterocycles. The molecule has 1 atom stereocenters. The zero-order valence-electron chi connectivity index (χ0n) is 19.2. The lowest BCUT2D eigenvalue weighted by molar-refractivity contribution is 0.0732. The number of carbonyl (C=O) groups excluding carboxylic acids is 1. The molecular weight excluding hydrogens is 404 g/mol. The van der Waals surface area contributed by atoms with Gasteiger partial charge in [-0.25, -0.2) is 0 Å². The van der Waals surface area contributed by atoms with E-state index in [-0.39, 0.29) is 18.1 Å². The first-order chi connectivity index (χ1) is 15.4. The Bertz CT molecular complexity index is 1070. The highest BCUT2D eigenvalue weighted by Gasteiger charge is 2.14. The van der Waals surface area contributed by atoms with Gasteiger partial charge in [0, 0.05) is 24.4 Å². The van der Waals surface area contributed by atoms with Crippen molar-refractivity contribution in [3.05, 3.63) is 77.6 Å². The third-order valence-electron chi connectivity index (χ3n) is 4.69. The lowest BCUT2D eigenvalue weighted by Crippen LogP contribution is -2.15. The second-order valence-corrected chi connectivity index (χ2v) is 7.69. The van der Waals surface area contributed by atoms with Crippen LogP contribution < -0.4 is 14.8 Å². The number of ether oxygens (including phenoxy) is 3. The van der Waals surface area contributed by atoms with Crippen LogP contribution in [0.1, 0.15) is 55.5 Å². The molecule has 0 saturated carbocycles. The van der Waals surface area contributed by atoms with Crippen molar-refractivity contribution >= 4 is 11.6 Å². The Hall–Kier alpha value is -3.38. The number of carbonyl (C=O) groups is 1. The van der Waals surface area contributed by atoms with Crippen LogP contribution in [0.3, 0.4) is 0 Å². The molecule has 2 aromatic carbocycles. The maximum atomic E-state index is 12.8. The molecule has 3 rings (SSSR count). The number of benzene rings is 2. The van der Waals surface area contributed by atoms with Gasteiger partial charge in [-0.3, -0.25) is 9.78 Å². The summed E-state index contributed by atoms with van der Waals surface area (Å²) in [6.45, 7) is 10.3. The van der Waals surface area contributed by atoms with E-state index < -0.39 is 0 Å². The molecule has 1 amide bonds. The molecule has 0 fully saturated rings. The predicted molar refractivity (Wildman–Crippen MR) is 126 cm³/mol. The molecule has 1 unspecified atom stereocenters. The minimum Gasteiger partial charge on any atom is -0.491 e. The number of hydrogen-bond donors (Lipinski definition) is 1. The van der Waals surface area contributed by atoms with Gasteiger partial charge >= 0.3 is 0 Å². The molecule has 0 radical (unpaired) electrons. The lowest BCUT2D eigenvalue weighted by Gasteiger charge is -2.14. The van der Waals surface area contributed by atoms with Crippen LogP contribution in [0.5, 0.6) is 17.2 Å². The minimum atomic E-state index is -0.227. The van der Waals surface area contributed by atoms with Crippen molar-refractivity contribution in [3.8, 4) is 17.2 Å². The van der Waals surface area contributed by atoms with Gasteiger partial charge in [-0.1, -0.05) is 12.1 Å². The molecule has 1 heterocycles. The van der Waals surface area contributed by atoms with Crippen molar-refractivity contribution in [1.29, 1.82) is 0 Å². The second kappa shape index (κ2) is 10.8. The third kappa shape index (κ3) is 6.31. The van der Waals surface area contributed by atoms with Crippen molar-refractivity contribution in [2.75, 3.05) is 11.9 Å². The van der Waals surface area contributed by atoms with E-state index in [1.807, 2.05) is 83.1 Å². The molecule has 0 aliphatic rings. The fraction of sp³-hybridized carbons (Fsp3) is 0.308. The number of amides is 1. The molecular formula is C26H30N2O4. The number of aromatic nitrogens is 1. The normalized spacial score (nSPS) is 11.8. The Morgan fingerprint density at radius 3 is 2.34 bits per heavy atom. The van der Waals surface area contributed by atoms with E-state index in [1.54, 1.807) is 12.1 Å². The van der Waals surface area contributed by atoms with Crippen LogP contribution in [0.25, 0.3) is 0 Å². The number of aryl methyl sites for hydroxylation is 1. The van der Waals surface area contributed by atoms with E-state index in [1.165, 1.54) is 0 Å². The topological polar surface area (TPSA) is 69.7 Å². The number of pyridine rings is 1. The van der Waals surface area contributed by atoms with Crippen LogP contribution >= 0.6 is 0 Å². The number of nitrogens with one attached hydrogen (secondary N) is 1. The molecule has 32 heavy (non-hydrogen) atoms. The molecule has 1 aromatic heterocycles. The molecule has 1 N–H and O–H groups in total. The van der Waals surface area contributed by atoms with E-state index in [0.29, 0.717) is 35.1 Å². The number of hydrogen-bond acceptors (Lipinski definition) is 5. The summed E-state index contributed by atoms with van der Waals surface area (Å²) in [6.07, 6.45) is -0.0349. The van der Waals surface area contributed by atoms with Crippen molar-refractivity contribution in [3.63, 3.8) is 0 Å². The zero-order valence-corrected chi connectivity index (χ0v) is 19.2. The van der Waals surface area contributed by atoms with E-state index in [4.69, 9.17) is 14.2 Å². The fourth-order valence-electron chi connectivity index (χ4n) is 3.24. The Labute approximate surface area is 189 Å². The van der Waals surface area contributed by atoms with E-state index in [2.05, 4.69) is 10.3 Å². The minimum absolute atomic E-state index is 0.0817. The van der Waals surface area contributed by atoms with Gasteiger partial charge in [0.25, 0.3) is 5.91 Å². The standard InChI is InChI=1S/C26H30N2O4/c1-6-30-19(5)25-14-13-24(18(4)27-25)26(29)28-20-9-7-10-21(15-20)32-23-12-8-11-22(16-23)31-17(2)3/h7-17,19H,6H2,1-5H3,(H,28,29). The molecule has 0 aliphatic carbocycles. The summed E-state index contributed by atoms with van der Waals surface area (Å²) < 4.78 is 17.3. The van der Waals surface area contributed by atoms with Crippen LogP contribution in [0.2, 0.25) is 0 Å². The Kier molecular flexibility index (Phi) is 7.84. The molecule has 3 aromatic rings. The molecule has 168 valence electrons. The smallest absolute Gasteiger partial charge is 0.257 e. The van der Waals surface area contributed by atoms with Crippen molar-refractivity contribution in [1.82, 2.24) is 4.98 Å². The predicted octanol–water partition coefficient (Wildman–Crippen LogP) is 6.32. The molecule has 6 heteroatoms.